The van der Waals surface area contributed by atoms with Gasteiger partial charge in [0.05, 0.1) is 11.1 Å². The van der Waals surface area contributed by atoms with E-state index in [0.29, 0.717) is 0 Å². The second-order valence-corrected chi connectivity index (χ2v) is 3.36. The Kier molecular flexibility index (Phi) is 17.5. The van der Waals surface area contributed by atoms with Gasteiger partial charge in [0.1, 0.15) is 0 Å². The molecular weight excluding hydrogens is 283 g/mol. The number of hydrogen-bond donors (Lipinski definition) is 3. The zero-order chi connectivity index (χ0) is 12.6. The van der Waals surface area contributed by atoms with Crippen LogP contribution in [0, 0.1) is 0 Å². The Morgan fingerprint density at radius 3 is 1.72 bits per heavy atom. The Morgan fingerprint density at radius 2 is 1.50 bits per heavy atom. The van der Waals surface area contributed by atoms with E-state index in [4.69, 9.17) is 10.2 Å². The van der Waals surface area contributed by atoms with Gasteiger partial charge < -0.3 is 15.7 Å². The van der Waals surface area contributed by atoms with E-state index >= 15 is 0 Å². The average molecular weight is 300 g/mol. The molecule has 0 bridgehead atoms. The van der Waals surface area contributed by atoms with E-state index in [1.807, 2.05) is 0 Å². The Bertz CT molecular complexity index is 339. The number of aromatic carboxylic acids is 2. The van der Waals surface area contributed by atoms with Crippen molar-refractivity contribution in [1.82, 2.24) is 0 Å². The normalized spacial score (nSPS) is 7.89. The summed E-state index contributed by atoms with van der Waals surface area (Å²) in [5.74, 6) is -1.24. The van der Waals surface area contributed by atoms with E-state index in [1.165, 1.54) is 24.6 Å². The molecule has 0 atom stereocenters. The SMILES string of the molecule is CCCS.O.O=C(O)c1cccc(C(=O)O)c1.[KH]. The van der Waals surface area contributed by atoms with Crippen molar-refractivity contribution in [1.29, 1.82) is 0 Å². The third-order valence-electron chi connectivity index (χ3n) is 1.58. The standard InChI is InChI=1S/C8H6O4.C3H8S.K.H2O.H/c9-7(10)5-2-1-3-6(4-5)8(11)12;1-2-3-4;;;/h1-4H,(H,9,10)(H,11,12);4H,2-3H2,1H3;;1H2;. The first-order valence-corrected chi connectivity index (χ1v) is 5.33. The van der Waals surface area contributed by atoms with Crippen LogP contribution in [-0.2, 0) is 0 Å². The van der Waals surface area contributed by atoms with Gasteiger partial charge >= 0.3 is 63.3 Å². The molecule has 0 aliphatic carbocycles. The van der Waals surface area contributed by atoms with Gasteiger partial charge in [-0.3, -0.25) is 0 Å². The molecule has 7 heteroatoms. The quantitative estimate of drug-likeness (QED) is 0.570. The molecule has 0 heterocycles. The molecule has 0 saturated carbocycles. The van der Waals surface area contributed by atoms with Crippen LogP contribution in [0.1, 0.15) is 34.1 Å². The van der Waals surface area contributed by atoms with Gasteiger partial charge in [-0.25, -0.2) is 9.59 Å². The van der Waals surface area contributed by atoms with Gasteiger partial charge in [0, 0.05) is 0 Å². The average Bonchev–Trinajstić information content (AvgIpc) is 2.29. The Morgan fingerprint density at radius 1 is 1.17 bits per heavy atom. The van der Waals surface area contributed by atoms with E-state index in [0.717, 1.165) is 11.8 Å². The van der Waals surface area contributed by atoms with Crippen molar-refractivity contribution in [3.05, 3.63) is 35.4 Å². The zero-order valence-electron chi connectivity index (χ0n) is 9.38. The summed E-state index contributed by atoms with van der Waals surface area (Å²) < 4.78 is 0. The molecule has 1 aromatic rings. The molecule has 0 aromatic heterocycles. The number of carbonyl (C=O) groups is 2. The van der Waals surface area contributed by atoms with Crippen LogP contribution in [0.2, 0.25) is 0 Å². The third-order valence-corrected chi connectivity index (χ3v) is 2.03. The number of rotatable bonds is 3. The van der Waals surface area contributed by atoms with Crippen LogP contribution in [0.4, 0.5) is 0 Å². The number of hydrogen-bond acceptors (Lipinski definition) is 3. The second-order valence-electron chi connectivity index (χ2n) is 2.91. The van der Waals surface area contributed by atoms with Crippen molar-refractivity contribution in [2.75, 3.05) is 5.75 Å². The van der Waals surface area contributed by atoms with Gasteiger partial charge in [-0.15, -0.1) is 0 Å². The number of carboxylic acid groups (broad SMARTS) is 2. The Hall–Kier alpha value is 0.106. The maximum absolute atomic E-state index is 10.4. The van der Waals surface area contributed by atoms with Crippen LogP contribution >= 0.6 is 12.6 Å². The fourth-order valence-corrected chi connectivity index (χ4v) is 0.785. The van der Waals surface area contributed by atoms with Crippen LogP contribution in [0.15, 0.2) is 24.3 Å². The molecule has 1 rings (SSSR count). The molecule has 0 aliphatic heterocycles. The summed E-state index contributed by atoms with van der Waals surface area (Å²) in [6.07, 6.45) is 1.18. The fraction of sp³-hybridized carbons (Fsp3) is 0.273. The molecule has 1 aromatic carbocycles. The molecule has 98 valence electrons. The monoisotopic (exact) mass is 300 g/mol. The van der Waals surface area contributed by atoms with Crippen molar-refractivity contribution in [2.45, 2.75) is 13.3 Å². The van der Waals surface area contributed by atoms with Crippen molar-refractivity contribution in [3.8, 4) is 0 Å². The first-order valence-electron chi connectivity index (χ1n) is 4.70. The molecule has 18 heavy (non-hydrogen) atoms. The topological polar surface area (TPSA) is 106 Å². The molecule has 4 N–H and O–H groups in total. The van der Waals surface area contributed by atoms with Crippen LogP contribution in [-0.4, -0.2) is 84.8 Å². The summed E-state index contributed by atoms with van der Waals surface area (Å²) in [5, 5.41) is 17.0. The summed E-state index contributed by atoms with van der Waals surface area (Å²) in [7, 11) is 0. The van der Waals surface area contributed by atoms with Crippen molar-refractivity contribution in [3.63, 3.8) is 0 Å². The van der Waals surface area contributed by atoms with Gasteiger partial charge in [-0.1, -0.05) is 13.0 Å². The predicted octanol–water partition coefficient (Wildman–Crippen LogP) is 0.936. The Balaban J connectivity index is -0.000000332. The summed E-state index contributed by atoms with van der Waals surface area (Å²) in [5.41, 5.74) is -0.0372. The van der Waals surface area contributed by atoms with Gasteiger partial charge in [0.15, 0.2) is 0 Å². The van der Waals surface area contributed by atoms with Gasteiger partial charge in [0.25, 0.3) is 0 Å². The predicted molar refractivity (Wildman–Crippen MR) is 75.3 cm³/mol. The molecule has 0 saturated heterocycles. The molecule has 0 fully saturated rings. The molecule has 0 amide bonds. The summed E-state index contributed by atoms with van der Waals surface area (Å²) in [4.78, 5) is 20.8. The summed E-state index contributed by atoms with van der Waals surface area (Å²) in [6, 6.07) is 5.20. The van der Waals surface area contributed by atoms with E-state index in [2.05, 4.69) is 19.6 Å². The van der Waals surface area contributed by atoms with Crippen LogP contribution in [0.25, 0.3) is 0 Å². The van der Waals surface area contributed by atoms with Crippen molar-refractivity contribution < 1.29 is 25.3 Å². The minimum absolute atomic E-state index is 0. The third kappa shape index (κ3) is 10.1. The molecule has 5 nitrogen and oxygen atoms in total. The number of thiol groups is 1. The van der Waals surface area contributed by atoms with Crippen molar-refractivity contribution in [2.24, 2.45) is 0 Å². The first kappa shape index (κ1) is 23.2. The molecule has 0 unspecified atom stereocenters. The number of carboxylic acids is 2. The maximum atomic E-state index is 10.4. The Labute approximate surface area is 154 Å². The van der Waals surface area contributed by atoms with Gasteiger partial charge in [-0.05, 0) is 30.4 Å². The van der Waals surface area contributed by atoms with E-state index in [1.54, 1.807) is 0 Å². The molecule has 0 radical (unpaired) electrons. The van der Waals surface area contributed by atoms with Gasteiger partial charge in [0.2, 0.25) is 0 Å². The van der Waals surface area contributed by atoms with Gasteiger partial charge in [-0.2, -0.15) is 12.6 Å². The second kappa shape index (κ2) is 13.5. The van der Waals surface area contributed by atoms with E-state index in [-0.39, 0.29) is 68.0 Å². The first-order chi connectivity index (χ1) is 7.52. The van der Waals surface area contributed by atoms with E-state index in [9.17, 15) is 9.59 Å². The number of benzene rings is 1. The zero-order valence-corrected chi connectivity index (χ0v) is 10.3. The van der Waals surface area contributed by atoms with Crippen LogP contribution in [0.3, 0.4) is 0 Å². The minimum atomic E-state index is -1.13. The summed E-state index contributed by atoms with van der Waals surface area (Å²) >= 11 is 3.92. The molecule has 0 spiro atoms. The molecular formula is C11H17KO5S. The van der Waals surface area contributed by atoms with Crippen LogP contribution < -0.4 is 0 Å². The van der Waals surface area contributed by atoms with Crippen molar-refractivity contribution >= 4 is 76.0 Å². The van der Waals surface area contributed by atoms with E-state index < -0.39 is 11.9 Å². The molecule has 0 aliphatic rings. The summed E-state index contributed by atoms with van der Waals surface area (Å²) in [6.45, 7) is 2.10. The fourth-order valence-electron chi connectivity index (χ4n) is 0.785. The van der Waals surface area contributed by atoms with Crippen LogP contribution in [0.5, 0.6) is 0 Å².